The Hall–Kier alpha value is -2.94. The number of allylic oxidation sites excluding steroid dienone is 7. The first-order valence-electron chi connectivity index (χ1n) is 12.0. The van der Waals surface area contributed by atoms with Gasteiger partial charge in [0.15, 0.2) is 11.6 Å². The molecule has 5 atom stereocenters. The highest BCUT2D eigenvalue weighted by Gasteiger charge is 2.80. The van der Waals surface area contributed by atoms with E-state index in [1.165, 1.54) is 39.8 Å². The standard InChI is InChI=1S/C28H36O8/c1-7-9-11-13-18(29)17-15-25(4,34)28(35)26(5,24(17)33)22-20(19(30)14-12-10-8-2)21(31)16(3)23(32)27(22,6)36-28/h7-10,12,14,22,30-31,33-35H,11,13,15H2,1-6H3/b9-7+,10-8+,14-12+,20-19-. The van der Waals surface area contributed by atoms with Crippen molar-refractivity contribution in [2.75, 3.05) is 0 Å². The summed E-state index contributed by atoms with van der Waals surface area (Å²) >= 11 is 0. The zero-order valence-electron chi connectivity index (χ0n) is 21.6. The van der Waals surface area contributed by atoms with E-state index >= 15 is 0 Å². The highest BCUT2D eigenvalue weighted by Crippen LogP contribution is 2.68. The van der Waals surface area contributed by atoms with E-state index in [-0.39, 0.29) is 23.1 Å². The number of aliphatic hydroxyl groups is 5. The van der Waals surface area contributed by atoms with Gasteiger partial charge in [0, 0.05) is 35.5 Å². The van der Waals surface area contributed by atoms with Gasteiger partial charge in [0.2, 0.25) is 5.79 Å². The third kappa shape index (κ3) is 3.62. The van der Waals surface area contributed by atoms with Crippen LogP contribution in [0.15, 0.2) is 70.5 Å². The number of fused-ring (bicyclic) bond motifs is 3. The summed E-state index contributed by atoms with van der Waals surface area (Å²) in [5.41, 5.74) is -6.32. The molecule has 3 aliphatic rings. The number of hydrogen-bond acceptors (Lipinski definition) is 8. The molecule has 0 radical (unpaired) electrons. The molecule has 0 aromatic carbocycles. The van der Waals surface area contributed by atoms with E-state index in [9.17, 15) is 35.1 Å². The highest BCUT2D eigenvalue weighted by molar-refractivity contribution is 6.05. The quantitative estimate of drug-likeness (QED) is 0.206. The van der Waals surface area contributed by atoms with E-state index in [1.807, 2.05) is 6.92 Å². The molecule has 0 aromatic heterocycles. The maximum atomic E-state index is 13.5. The summed E-state index contributed by atoms with van der Waals surface area (Å²) in [7, 11) is 0. The lowest BCUT2D eigenvalue weighted by Gasteiger charge is -2.51. The van der Waals surface area contributed by atoms with E-state index in [2.05, 4.69) is 0 Å². The average molecular weight is 501 g/mol. The number of rotatable bonds is 6. The SMILES string of the molecule is C/C=C/C=C/C(O)=C1\C(O)=C(C)C(=O)C2(C)OC3(O)C(C)(O)CC(C(=O)CC/C=C/C)=C(O)C3(C)C12. The Kier molecular flexibility index (Phi) is 7.05. The molecular weight excluding hydrogens is 464 g/mol. The Balaban J connectivity index is 2.38. The van der Waals surface area contributed by atoms with Crippen molar-refractivity contribution < 1.29 is 39.9 Å². The molecule has 8 nitrogen and oxygen atoms in total. The van der Waals surface area contributed by atoms with Gasteiger partial charge in [0.1, 0.15) is 28.5 Å². The van der Waals surface area contributed by atoms with E-state index < -0.39 is 63.6 Å². The first-order chi connectivity index (χ1) is 16.7. The minimum atomic E-state index is -2.55. The van der Waals surface area contributed by atoms with Gasteiger partial charge in [-0.1, -0.05) is 30.4 Å². The third-order valence-electron chi connectivity index (χ3n) is 7.86. The topological polar surface area (TPSA) is 145 Å². The molecule has 0 amide bonds. The summed E-state index contributed by atoms with van der Waals surface area (Å²) in [4.78, 5) is 26.6. The van der Waals surface area contributed by atoms with Crippen LogP contribution in [0.2, 0.25) is 0 Å². The van der Waals surface area contributed by atoms with Gasteiger partial charge in [-0.25, -0.2) is 0 Å². The van der Waals surface area contributed by atoms with Crippen LogP contribution in [0, 0.1) is 11.3 Å². The van der Waals surface area contributed by atoms with Crippen molar-refractivity contribution >= 4 is 11.6 Å². The first kappa shape index (κ1) is 27.6. The minimum Gasteiger partial charge on any atom is -0.511 e. The number of aliphatic hydroxyl groups excluding tert-OH is 3. The van der Waals surface area contributed by atoms with Gasteiger partial charge in [0.05, 0.1) is 5.41 Å². The summed E-state index contributed by atoms with van der Waals surface area (Å²) in [5, 5.41) is 57.0. The van der Waals surface area contributed by atoms with Crippen LogP contribution < -0.4 is 0 Å². The smallest absolute Gasteiger partial charge is 0.209 e. The zero-order chi connectivity index (χ0) is 27.3. The van der Waals surface area contributed by atoms with Gasteiger partial charge < -0.3 is 30.3 Å². The predicted molar refractivity (Wildman–Crippen MR) is 134 cm³/mol. The van der Waals surface area contributed by atoms with E-state index in [4.69, 9.17) is 4.74 Å². The van der Waals surface area contributed by atoms with Crippen molar-refractivity contribution in [1.82, 2.24) is 0 Å². The molecule has 8 heteroatoms. The molecular formula is C28H36O8. The monoisotopic (exact) mass is 500 g/mol. The predicted octanol–water partition coefficient (Wildman–Crippen LogP) is 4.34. The third-order valence-corrected chi connectivity index (χ3v) is 7.86. The van der Waals surface area contributed by atoms with Crippen molar-refractivity contribution in [3.05, 3.63) is 70.5 Å². The number of ketones is 2. The fraction of sp³-hybridized carbons (Fsp3) is 0.500. The summed E-state index contributed by atoms with van der Waals surface area (Å²) in [6.07, 6.45) is 9.84. The Bertz CT molecular complexity index is 1160. The molecule has 196 valence electrons. The van der Waals surface area contributed by atoms with Crippen LogP contribution in [0.25, 0.3) is 0 Å². The Labute approximate surface area is 211 Å². The Morgan fingerprint density at radius 3 is 2.33 bits per heavy atom. The molecule has 36 heavy (non-hydrogen) atoms. The van der Waals surface area contributed by atoms with Crippen molar-refractivity contribution in [3.63, 3.8) is 0 Å². The molecule has 1 saturated heterocycles. The summed E-state index contributed by atoms with van der Waals surface area (Å²) in [5.74, 6) is -6.48. The van der Waals surface area contributed by atoms with Gasteiger partial charge in [0.25, 0.3) is 0 Å². The molecule has 1 heterocycles. The Morgan fingerprint density at radius 2 is 1.75 bits per heavy atom. The number of carbonyl (C=O) groups is 2. The summed E-state index contributed by atoms with van der Waals surface area (Å²) in [6.45, 7) is 8.99. The molecule has 5 unspecified atom stereocenters. The zero-order valence-corrected chi connectivity index (χ0v) is 21.6. The largest absolute Gasteiger partial charge is 0.511 e. The van der Waals surface area contributed by atoms with Crippen LogP contribution in [-0.4, -0.2) is 54.1 Å². The average Bonchev–Trinajstić information content (AvgIpc) is 3.01. The molecule has 1 aliphatic heterocycles. The molecule has 3 rings (SSSR count). The van der Waals surface area contributed by atoms with Gasteiger partial charge >= 0.3 is 0 Å². The molecule has 0 saturated carbocycles. The maximum absolute atomic E-state index is 13.5. The van der Waals surface area contributed by atoms with Crippen LogP contribution in [-0.2, 0) is 14.3 Å². The van der Waals surface area contributed by atoms with Crippen molar-refractivity contribution in [1.29, 1.82) is 0 Å². The second kappa shape index (κ2) is 9.18. The van der Waals surface area contributed by atoms with Crippen molar-refractivity contribution in [3.8, 4) is 0 Å². The maximum Gasteiger partial charge on any atom is 0.209 e. The lowest BCUT2D eigenvalue weighted by Crippen LogP contribution is -2.65. The molecule has 0 bridgehead atoms. The second-order valence-corrected chi connectivity index (χ2v) is 10.3. The summed E-state index contributed by atoms with van der Waals surface area (Å²) < 4.78 is 6.01. The molecule has 5 N–H and O–H groups in total. The second-order valence-electron chi connectivity index (χ2n) is 10.3. The van der Waals surface area contributed by atoms with E-state index in [1.54, 1.807) is 31.2 Å². The van der Waals surface area contributed by atoms with Crippen LogP contribution in [0.3, 0.4) is 0 Å². The van der Waals surface area contributed by atoms with Crippen molar-refractivity contribution in [2.45, 2.75) is 77.8 Å². The minimum absolute atomic E-state index is 0.0559. The fourth-order valence-corrected chi connectivity index (χ4v) is 5.99. The van der Waals surface area contributed by atoms with Gasteiger partial charge in [-0.05, 0) is 54.0 Å². The Morgan fingerprint density at radius 1 is 1.11 bits per heavy atom. The molecule has 2 aliphatic carbocycles. The highest BCUT2D eigenvalue weighted by atomic mass is 16.7. The fourth-order valence-electron chi connectivity index (χ4n) is 5.99. The van der Waals surface area contributed by atoms with Gasteiger partial charge in [-0.2, -0.15) is 0 Å². The van der Waals surface area contributed by atoms with Crippen LogP contribution in [0.5, 0.6) is 0 Å². The first-order valence-corrected chi connectivity index (χ1v) is 12.0. The van der Waals surface area contributed by atoms with Crippen LogP contribution in [0.1, 0.15) is 60.8 Å². The lowest BCUT2D eigenvalue weighted by molar-refractivity contribution is -0.330. The number of carbonyl (C=O) groups excluding carboxylic acids is 2. The number of hydrogen-bond donors (Lipinski definition) is 5. The summed E-state index contributed by atoms with van der Waals surface area (Å²) in [6, 6.07) is 0. The van der Waals surface area contributed by atoms with Gasteiger partial charge in [-0.3, -0.25) is 9.59 Å². The molecule has 0 aromatic rings. The number of Topliss-reactive ketones (excluding diaryl/α,β-unsaturated/α-hetero) is 2. The van der Waals surface area contributed by atoms with Gasteiger partial charge in [-0.15, -0.1) is 0 Å². The molecule has 0 spiro atoms. The normalized spacial score (nSPS) is 38.4. The number of ether oxygens (including phenoxy) is 1. The molecule has 1 fully saturated rings. The van der Waals surface area contributed by atoms with Crippen molar-refractivity contribution in [2.24, 2.45) is 11.3 Å². The van der Waals surface area contributed by atoms with E-state index in [0.717, 1.165) is 0 Å². The van der Waals surface area contributed by atoms with Crippen LogP contribution >= 0.6 is 0 Å². The van der Waals surface area contributed by atoms with E-state index in [0.29, 0.717) is 6.42 Å². The van der Waals surface area contributed by atoms with Crippen LogP contribution in [0.4, 0.5) is 0 Å². The lowest BCUT2D eigenvalue weighted by atomic mass is 9.54.